The molecule has 0 aromatic rings. The van der Waals surface area contributed by atoms with Gasteiger partial charge in [-0.2, -0.15) is 17.6 Å². The first-order chi connectivity index (χ1) is 4.81. The van der Waals surface area contributed by atoms with E-state index in [4.69, 9.17) is 5.11 Å². The number of carbonyl (C=O) groups is 1. The molecule has 0 fully saturated rings. The Morgan fingerprint density at radius 3 is 2.08 bits per heavy atom. The van der Waals surface area contributed by atoms with E-state index in [0.717, 1.165) is 0 Å². The molecule has 0 saturated carbocycles. The van der Waals surface area contributed by atoms with Gasteiger partial charge in [-0.25, -0.2) is 4.79 Å². The van der Waals surface area contributed by atoms with E-state index < -0.39 is 24.4 Å². The molecule has 8 heteroatoms. The Morgan fingerprint density at radius 2 is 1.83 bits per heavy atom. The van der Waals surface area contributed by atoms with Gasteiger partial charge in [0.25, 0.3) is 6.01 Å². The Labute approximate surface area is 94.0 Å². The number of hydrogen-bond acceptors (Lipinski definition) is 2. The zero-order chi connectivity index (χ0) is 9.07. The van der Waals surface area contributed by atoms with Crippen molar-refractivity contribution >= 4 is 43.9 Å². The monoisotopic (exact) mass is 216 g/mol. The number of hydrogen-bond donors (Lipinski definition) is 1. The van der Waals surface area contributed by atoms with Crippen molar-refractivity contribution in [3.05, 3.63) is 12.1 Å². The Hall–Kier alpha value is -0.0103. The van der Waals surface area contributed by atoms with Gasteiger partial charge >= 0.3 is 50.1 Å². The quantitative estimate of drug-likeness (QED) is 0.309. The van der Waals surface area contributed by atoms with Crippen LogP contribution >= 0.6 is 0 Å². The fourth-order valence-corrected chi connectivity index (χ4v) is 0.242. The molecule has 0 heterocycles. The van der Waals surface area contributed by atoms with Crippen LogP contribution in [0, 0.1) is 0 Å². The molecule has 0 spiro atoms. The fraction of sp³-hybridized carbons (Fsp3) is 0.250. The third-order valence-electron chi connectivity index (χ3n) is 0.462. The van der Waals surface area contributed by atoms with Gasteiger partial charge in [0.05, 0.1) is 6.08 Å². The van der Waals surface area contributed by atoms with Crippen molar-refractivity contribution in [1.29, 1.82) is 0 Å². The van der Waals surface area contributed by atoms with E-state index in [1.165, 1.54) is 0 Å². The minimum absolute atomic E-state index is 0. The number of allylic oxidation sites excluding steroid dienone is 1. The molecule has 0 saturated heterocycles. The first kappa shape index (κ1) is 14.5. The second-order valence-electron chi connectivity index (χ2n) is 1.36. The van der Waals surface area contributed by atoms with Crippen molar-refractivity contribution in [2.24, 2.45) is 0 Å². The summed E-state index contributed by atoms with van der Waals surface area (Å²) < 4.78 is 48.2. The van der Waals surface area contributed by atoms with Gasteiger partial charge in [0.2, 0.25) is 0 Å². The van der Waals surface area contributed by atoms with Crippen molar-refractivity contribution in [1.82, 2.24) is 0 Å². The molecular weight excluding hydrogens is 212 g/mol. The molecule has 0 amide bonds. The van der Waals surface area contributed by atoms with Crippen LogP contribution in [-0.4, -0.2) is 55.2 Å². The zero-order valence-corrected chi connectivity index (χ0v) is 4.85. The standard InChI is InChI=1S/C4H2F4O3.Ca.2H/c5-2(11-3(9)10)1-4(6,7)8;;;/h1H,(H,9,10);;;. The second kappa shape index (κ2) is 5.60. The molecule has 0 aliphatic rings. The summed E-state index contributed by atoms with van der Waals surface area (Å²) in [5.74, 6) is 0. The second-order valence-corrected chi connectivity index (χ2v) is 1.36. The van der Waals surface area contributed by atoms with Gasteiger partial charge in [-0.3, -0.25) is 0 Å². The van der Waals surface area contributed by atoms with Crippen LogP contribution in [0.3, 0.4) is 0 Å². The molecular formula is C4H4CaF4O3. The van der Waals surface area contributed by atoms with Crippen LogP contribution < -0.4 is 0 Å². The maximum absolute atomic E-state index is 11.7. The van der Waals surface area contributed by atoms with E-state index in [1.54, 1.807) is 0 Å². The van der Waals surface area contributed by atoms with Crippen LogP contribution in [0.25, 0.3) is 0 Å². The summed E-state index contributed by atoms with van der Waals surface area (Å²) in [6.45, 7) is 0. The normalized spacial score (nSPS) is 11.8. The summed E-state index contributed by atoms with van der Waals surface area (Å²) in [7, 11) is 0. The number of ether oxygens (including phenoxy) is 1. The average Bonchev–Trinajstić information content (AvgIpc) is 1.53. The van der Waals surface area contributed by atoms with Crippen LogP contribution in [0.5, 0.6) is 0 Å². The zero-order valence-electron chi connectivity index (χ0n) is 4.85. The predicted octanol–water partition coefficient (Wildman–Crippen LogP) is 1.14. The molecule has 68 valence electrons. The molecule has 0 aliphatic heterocycles. The van der Waals surface area contributed by atoms with Crippen molar-refractivity contribution in [2.75, 3.05) is 0 Å². The molecule has 0 aromatic heterocycles. The summed E-state index contributed by atoms with van der Waals surface area (Å²) >= 11 is 0. The summed E-state index contributed by atoms with van der Waals surface area (Å²) in [6, 6.07) is -2.20. The van der Waals surface area contributed by atoms with E-state index >= 15 is 0 Å². The van der Waals surface area contributed by atoms with Crippen molar-refractivity contribution in [3.63, 3.8) is 0 Å². The van der Waals surface area contributed by atoms with Crippen LogP contribution in [-0.2, 0) is 4.74 Å². The third kappa shape index (κ3) is 9.99. The Kier molecular flexibility index (Phi) is 6.78. The van der Waals surface area contributed by atoms with Crippen molar-refractivity contribution < 1.29 is 32.2 Å². The van der Waals surface area contributed by atoms with Crippen LogP contribution in [0.1, 0.15) is 0 Å². The summed E-state index contributed by atoms with van der Waals surface area (Å²) in [5.41, 5.74) is 0. The Balaban J connectivity index is 0. The SMILES string of the molecule is O=C(O)OC(F)=CC(F)(F)F.[CaH2]. The Morgan fingerprint density at radius 1 is 1.42 bits per heavy atom. The molecule has 0 atom stereocenters. The predicted molar refractivity (Wildman–Crippen MR) is 32.9 cm³/mol. The molecule has 0 aromatic carbocycles. The molecule has 0 aliphatic carbocycles. The van der Waals surface area contributed by atoms with Gasteiger partial charge in [0.15, 0.2) is 0 Å². The van der Waals surface area contributed by atoms with E-state index in [9.17, 15) is 22.4 Å². The van der Waals surface area contributed by atoms with Crippen molar-refractivity contribution in [3.8, 4) is 0 Å². The number of alkyl halides is 3. The molecule has 0 rings (SSSR count). The van der Waals surface area contributed by atoms with Crippen LogP contribution in [0.15, 0.2) is 12.1 Å². The van der Waals surface area contributed by atoms with Gasteiger partial charge in [-0.15, -0.1) is 0 Å². The summed E-state index contributed by atoms with van der Waals surface area (Å²) in [6.07, 6.45) is -7.95. The van der Waals surface area contributed by atoms with Crippen LogP contribution in [0.4, 0.5) is 22.4 Å². The van der Waals surface area contributed by atoms with Gasteiger partial charge in [0.1, 0.15) is 0 Å². The van der Waals surface area contributed by atoms with E-state index in [0.29, 0.717) is 0 Å². The maximum atomic E-state index is 11.7. The first-order valence-corrected chi connectivity index (χ1v) is 2.17. The van der Waals surface area contributed by atoms with Crippen molar-refractivity contribution in [2.45, 2.75) is 6.18 Å². The average molecular weight is 216 g/mol. The summed E-state index contributed by atoms with van der Waals surface area (Å²) in [5, 5.41) is 7.61. The van der Waals surface area contributed by atoms with Gasteiger partial charge < -0.3 is 9.84 Å². The topological polar surface area (TPSA) is 46.5 Å². The van der Waals surface area contributed by atoms with E-state index in [-0.39, 0.29) is 37.7 Å². The third-order valence-corrected chi connectivity index (χ3v) is 0.462. The molecule has 3 nitrogen and oxygen atoms in total. The van der Waals surface area contributed by atoms with E-state index in [2.05, 4.69) is 4.74 Å². The molecule has 0 bridgehead atoms. The fourth-order valence-electron chi connectivity index (χ4n) is 0.242. The number of carboxylic acid groups (broad SMARTS) is 1. The van der Waals surface area contributed by atoms with Crippen LogP contribution in [0.2, 0.25) is 0 Å². The minimum atomic E-state index is -4.92. The van der Waals surface area contributed by atoms with Gasteiger partial charge in [0, 0.05) is 0 Å². The van der Waals surface area contributed by atoms with Gasteiger partial charge in [-0.05, 0) is 0 Å². The number of rotatable bonds is 1. The molecule has 0 unspecified atom stereocenters. The summed E-state index contributed by atoms with van der Waals surface area (Å²) in [4.78, 5) is 9.43. The van der Waals surface area contributed by atoms with E-state index in [1.807, 2.05) is 0 Å². The first-order valence-electron chi connectivity index (χ1n) is 2.17. The molecule has 12 heavy (non-hydrogen) atoms. The Bertz CT molecular complexity index is 187. The van der Waals surface area contributed by atoms with Gasteiger partial charge in [-0.1, -0.05) is 0 Å². The molecule has 1 N–H and O–H groups in total. The molecule has 0 radical (unpaired) electrons. The number of halogens is 4.